The Morgan fingerprint density at radius 1 is 0.500 bits per heavy atom. The topological polar surface area (TPSA) is 416 Å². The smallest absolute Gasteiger partial charge is 0.373 e. The van der Waals surface area contributed by atoms with Crippen molar-refractivity contribution in [3.05, 3.63) is 242 Å². The summed E-state index contributed by atoms with van der Waals surface area (Å²) in [5.74, 6) is -1.23. The number of H-pyrrole nitrogens is 1. The van der Waals surface area contributed by atoms with Crippen LogP contribution in [0.1, 0.15) is 147 Å². The number of aromatic nitrogens is 10. The van der Waals surface area contributed by atoms with Gasteiger partial charge in [0, 0.05) is 77.8 Å². The highest BCUT2D eigenvalue weighted by molar-refractivity contribution is 7.89. The van der Waals surface area contributed by atoms with Crippen molar-refractivity contribution >= 4 is 56.7 Å². The first-order valence-corrected chi connectivity index (χ1v) is 34.8. The van der Waals surface area contributed by atoms with Gasteiger partial charge in [-0.2, -0.15) is 45.4 Å². The molecule has 0 aliphatic rings. The van der Waals surface area contributed by atoms with Gasteiger partial charge in [0.2, 0.25) is 15.8 Å². The minimum atomic E-state index is -3.63. The van der Waals surface area contributed by atoms with Crippen molar-refractivity contribution in [3.8, 4) is 62.4 Å². The van der Waals surface area contributed by atoms with E-state index in [0.29, 0.717) is 45.4 Å². The molecule has 0 saturated heterocycles. The number of nitro benzene ring substituents is 1. The summed E-state index contributed by atoms with van der Waals surface area (Å²) >= 11 is 0. The predicted octanol–water partition coefficient (Wildman–Crippen LogP) is 11.2. The van der Waals surface area contributed by atoms with Crippen LogP contribution in [0.5, 0.6) is 17.2 Å². The van der Waals surface area contributed by atoms with Gasteiger partial charge in [0.25, 0.3) is 23.4 Å². The van der Waals surface area contributed by atoms with E-state index in [2.05, 4.69) is 135 Å². The molecule has 11 aromatic rings. The van der Waals surface area contributed by atoms with E-state index in [0.717, 1.165) is 28.3 Å². The molecule has 4 aromatic heterocycles. The van der Waals surface area contributed by atoms with Crippen LogP contribution in [0.3, 0.4) is 0 Å². The molecule has 3 amide bonds. The van der Waals surface area contributed by atoms with Crippen molar-refractivity contribution < 1.29 is 52.6 Å². The first-order chi connectivity index (χ1) is 51.0. The molecule has 7 aromatic carbocycles. The van der Waals surface area contributed by atoms with E-state index < -0.39 is 32.7 Å². The van der Waals surface area contributed by atoms with Gasteiger partial charge in [-0.15, -0.1) is 10.2 Å². The lowest BCUT2D eigenvalue weighted by Gasteiger charge is -2.19. The highest BCUT2D eigenvalue weighted by Gasteiger charge is 2.27. The molecular formula is C77H82N18O12S. The van der Waals surface area contributed by atoms with Gasteiger partial charge < -0.3 is 15.3 Å². The van der Waals surface area contributed by atoms with Gasteiger partial charge in [-0.1, -0.05) is 184 Å². The molecule has 558 valence electrons. The van der Waals surface area contributed by atoms with Crippen LogP contribution in [0, 0.1) is 10.1 Å². The zero-order valence-electron chi connectivity index (χ0n) is 62.0. The number of hydrazone groups is 3. The normalized spacial score (nSPS) is 11.9. The fourth-order valence-corrected chi connectivity index (χ4v) is 11.5. The van der Waals surface area contributed by atoms with Crippen LogP contribution in [0.2, 0.25) is 0 Å². The molecule has 0 fully saturated rings. The molecule has 0 aliphatic carbocycles. The number of amides is 3. The van der Waals surface area contributed by atoms with Gasteiger partial charge >= 0.3 is 6.15 Å². The second-order valence-electron chi connectivity index (χ2n) is 27.5. The lowest BCUT2D eigenvalue weighted by Crippen LogP contribution is -2.22. The van der Waals surface area contributed by atoms with Crippen LogP contribution in [0.25, 0.3) is 45.2 Å². The summed E-state index contributed by atoms with van der Waals surface area (Å²) in [5, 5.41) is 83.3. The van der Waals surface area contributed by atoms with E-state index in [9.17, 15) is 48.2 Å². The maximum Gasteiger partial charge on any atom is 0.373 e. The summed E-state index contributed by atoms with van der Waals surface area (Å²) in [5.41, 5.74) is 18.5. The Bertz CT molecular complexity index is 5300. The second kappa shape index (κ2) is 34.1. The van der Waals surface area contributed by atoms with Gasteiger partial charge in [-0.25, -0.2) is 29.4 Å². The van der Waals surface area contributed by atoms with E-state index in [4.69, 9.17) is 9.59 Å². The van der Waals surface area contributed by atoms with Crippen LogP contribution >= 0.6 is 0 Å². The Balaban J connectivity index is 0.000000201. The Morgan fingerprint density at radius 3 is 1.24 bits per heavy atom. The Labute approximate surface area is 622 Å². The van der Waals surface area contributed by atoms with Crippen molar-refractivity contribution in [1.29, 1.82) is 0 Å². The number of carbonyl (C=O) groups is 3. The highest BCUT2D eigenvalue weighted by Crippen LogP contribution is 2.38. The summed E-state index contributed by atoms with van der Waals surface area (Å²) in [4.78, 5) is 64.3. The molecule has 31 heteroatoms. The van der Waals surface area contributed by atoms with Gasteiger partial charge in [-0.05, 0) is 102 Å². The number of tetrazole rings is 1. The SMILES string of the molecule is C/C(=N\NC(=O)c1ccc(-c2nn[nH]n2)cc1)c1nn(C)c(-c2ccc(C(C)(C)C)cc2)c1O.C/C(=N\NC(=O)c1cccc([N+](=O)[O-])c1)c1nn(C)c(-c2ccc(C(C)(C)C)cc2)c1O.CNS(=O)(=O)c1ccc(C(=O)N/N=C(\c2ccccc2)c2nn(C)c(-c3ccc(C(C)(C)C)cc3)c2O)cc1.O=C=O. The van der Waals surface area contributed by atoms with E-state index in [1.54, 1.807) is 85.4 Å². The van der Waals surface area contributed by atoms with Crippen molar-refractivity contribution in [2.45, 2.75) is 97.3 Å². The largest absolute Gasteiger partial charge is 0.504 e. The first-order valence-electron chi connectivity index (χ1n) is 33.3. The molecule has 0 bridgehead atoms. The quantitative estimate of drug-likeness (QED) is 0.0238. The first kappa shape index (κ1) is 80.4. The summed E-state index contributed by atoms with van der Waals surface area (Å²) in [6, 6.07) is 50.5. The number of nitrogens with zero attached hydrogens (tertiary/aromatic N) is 13. The maximum atomic E-state index is 12.9. The van der Waals surface area contributed by atoms with Gasteiger partial charge in [-0.3, -0.25) is 38.5 Å². The van der Waals surface area contributed by atoms with E-state index >= 15 is 0 Å². The third-order valence-electron chi connectivity index (χ3n) is 16.8. The number of nitrogens with one attached hydrogen (secondary N) is 5. The zero-order valence-corrected chi connectivity index (χ0v) is 62.8. The molecule has 0 unspecified atom stereocenters. The number of non-ortho nitro benzene ring substituents is 1. The number of benzene rings is 7. The van der Waals surface area contributed by atoms with Crippen LogP contribution in [0.4, 0.5) is 5.69 Å². The third-order valence-corrected chi connectivity index (χ3v) is 18.2. The fourth-order valence-electron chi connectivity index (χ4n) is 10.8. The molecule has 0 radical (unpaired) electrons. The second-order valence-corrected chi connectivity index (χ2v) is 29.4. The number of aromatic hydroxyl groups is 3. The number of sulfonamides is 1. The zero-order chi connectivity index (χ0) is 79.2. The van der Waals surface area contributed by atoms with Gasteiger partial charge in [0.15, 0.2) is 34.3 Å². The summed E-state index contributed by atoms with van der Waals surface area (Å²) in [7, 11) is 2.89. The Morgan fingerprint density at radius 2 is 0.861 bits per heavy atom. The maximum absolute atomic E-state index is 12.9. The van der Waals surface area contributed by atoms with Gasteiger partial charge in [0.1, 0.15) is 22.8 Å². The van der Waals surface area contributed by atoms with Crippen molar-refractivity contribution in [2.75, 3.05) is 7.05 Å². The van der Waals surface area contributed by atoms with E-state index in [1.807, 2.05) is 91.0 Å². The minimum absolute atomic E-state index is 0.00553. The Kier molecular flexibility index (Phi) is 25.4. The molecule has 30 nitrogen and oxygen atoms in total. The summed E-state index contributed by atoms with van der Waals surface area (Å²) in [6.45, 7) is 22.5. The summed E-state index contributed by atoms with van der Waals surface area (Å²) < 4.78 is 30.9. The predicted molar refractivity (Wildman–Crippen MR) is 406 cm³/mol. The van der Waals surface area contributed by atoms with Crippen molar-refractivity contribution in [1.82, 2.24) is 71.0 Å². The molecule has 0 aliphatic heterocycles. The fraction of sp³-hybridized carbons (Fsp3) is 0.234. The molecule has 0 spiro atoms. The molecule has 0 atom stereocenters. The number of aromatic amines is 1. The number of rotatable bonds is 17. The van der Waals surface area contributed by atoms with E-state index in [1.165, 1.54) is 66.2 Å². The lowest BCUT2D eigenvalue weighted by atomic mass is 9.86. The molecule has 4 heterocycles. The van der Waals surface area contributed by atoms with Crippen LogP contribution in [0.15, 0.2) is 196 Å². The third kappa shape index (κ3) is 19.6. The number of aryl methyl sites for hydroxylation is 3. The molecular weight excluding hydrogens is 1400 g/mol. The van der Waals surface area contributed by atoms with Crippen LogP contribution in [-0.2, 0) is 57.0 Å². The molecule has 8 N–H and O–H groups in total. The number of nitro groups is 1. The minimum Gasteiger partial charge on any atom is -0.504 e. The number of hydrogen-bond acceptors (Lipinski definition) is 21. The number of carbonyl (C=O) groups excluding carboxylic acids is 5. The molecule has 11 rings (SSSR count). The monoisotopic (exact) mass is 1480 g/mol. The summed E-state index contributed by atoms with van der Waals surface area (Å²) in [6.07, 6.45) is 0.250. The molecule has 0 saturated carbocycles. The van der Waals surface area contributed by atoms with Crippen LogP contribution < -0.4 is 21.0 Å². The lowest BCUT2D eigenvalue weighted by molar-refractivity contribution is -0.384. The van der Waals surface area contributed by atoms with Crippen LogP contribution in [-0.4, -0.2) is 127 Å². The standard InChI is InChI=1S/C29H31N5O4S.C24H26N8O2.C23H25N5O4.CO2/c1-29(2,3)22-15-11-20(12-16-22)26-27(35)25(33-34(26)5)24(19-9-7-6-8-10-19)31-32-28(36)21-13-17-23(18-14-21)39(37,38)30-4;1-14(25-28-23(34)17-8-6-16(7-9-17)22-26-30-31-27-22)19-21(33)20(32(5)29-19)15-10-12-18(13-11-15)24(2,3)4;1-14(24-25-22(30)16-7-6-8-18(13-16)28(31)32)19-21(29)20(27(5)26-19)15-9-11-17(12-10-15)23(2,3)4;2-1-3/h6-18,30,35H,1-5H3,(H,32,36);6-13,33H,1-5H3,(H,28,34)(H,26,27,30,31);6-13,29H,1-5H3,(H,25,30);/b31-24+;25-14+;24-14+;. The van der Waals surface area contributed by atoms with Crippen molar-refractivity contribution in [3.63, 3.8) is 0 Å². The van der Waals surface area contributed by atoms with Crippen molar-refractivity contribution in [2.24, 2.45) is 36.4 Å². The average Bonchev–Trinajstić information content (AvgIpc) is 1.64. The highest BCUT2D eigenvalue weighted by atomic mass is 32.2. The Hall–Kier alpha value is -13.3. The number of hydrogen-bond donors (Lipinski definition) is 8. The molecule has 108 heavy (non-hydrogen) atoms. The average molecular weight is 1480 g/mol. The van der Waals surface area contributed by atoms with Gasteiger partial charge in [0.05, 0.1) is 21.2 Å². The van der Waals surface area contributed by atoms with E-state index in [-0.39, 0.29) is 84.2 Å².